The first-order valence-corrected chi connectivity index (χ1v) is 11.0. The lowest BCUT2D eigenvalue weighted by Crippen LogP contribution is -2.37. The number of nitrogens with zero attached hydrogens (tertiary/aromatic N) is 1. The summed E-state index contributed by atoms with van der Waals surface area (Å²) in [5, 5.41) is 0. The zero-order chi connectivity index (χ0) is 21.5. The molecule has 1 unspecified atom stereocenters. The van der Waals surface area contributed by atoms with E-state index >= 15 is 0 Å². The molecule has 1 heterocycles. The Bertz CT molecular complexity index is 1080. The molecule has 0 saturated carbocycles. The van der Waals surface area contributed by atoms with Crippen LogP contribution in [-0.4, -0.2) is 26.8 Å². The number of rotatable bonds is 4. The van der Waals surface area contributed by atoms with E-state index in [2.05, 4.69) is 4.72 Å². The van der Waals surface area contributed by atoms with Gasteiger partial charge in [-0.15, -0.1) is 0 Å². The molecule has 1 atom stereocenters. The third-order valence-electron chi connectivity index (χ3n) is 5.42. The number of carbonyl (C=O) groups excluding carboxylic acids is 2. The Morgan fingerprint density at radius 2 is 1.59 bits per heavy atom. The third-order valence-corrected chi connectivity index (χ3v) is 6.77. The Kier molecular flexibility index (Phi) is 5.54. The highest BCUT2D eigenvalue weighted by Gasteiger charge is 2.37. The molecule has 1 fully saturated rings. The lowest BCUT2D eigenvalue weighted by atomic mass is 10.0. The Labute approximate surface area is 172 Å². The lowest BCUT2D eigenvalue weighted by Gasteiger charge is -2.22. The highest BCUT2D eigenvalue weighted by Crippen LogP contribution is 2.32. The molecule has 154 valence electrons. The fourth-order valence-corrected chi connectivity index (χ4v) is 4.98. The molecule has 2 aromatic carbocycles. The van der Waals surface area contributed by atoms with Crippen molar-refractivity contribution in [3.63, 3.8) is 0 Å². The minimum atomic E-state index is -3.99. The normalized spacial score (nSPS) is 16.9. The SMILES string of the molecule is Cc1cc(C)c(N2CC(C(=O)NS(=O)(=O)c3ccc(C)c(C)c3)CC2=O)c(C)c1. The summed E-state index contributed by atoms with van der Waals surface area (Å²) in [6, 6.07) is 8.71. The van der Waals surface area contributed by atoms with Gasteiger partial charge in [-0.05, 0) is 69.0 Å². The van der Waals surface area contributed by atoms with Gasteiger partial charge in [-0.2, -0.15) is 0 Å². The van der Waals surface area contributed by atoms with Crippen LogP contribution in [0.15, 0.2) is 35.2 Å². The number of anilines is 1. The van der Waals surface area contributed by atoms with Crippen molar-refractivity contribution in [2.45, 2.75) is 45.9 Å². The molecule has 0 aliphatic carbocycles. The van der Waals surface area contributed by atoms with Crippen LogP contribution in [0.2, 0.25) is 0 Å². The van der Waals surface area contributed by atoms with Gasteiger partial charge in [0.2, 0.25) is 11.8 Å². The second kappa shape index (κ2) is 7.63. The van der Waals surface area contributed by atoms with E-state index in [1.165, 1.54) is 12.1 Å². The molecule has 0 radical (unpaired) electrons. The molecular weight excluding hydrogens is 388 g/mol. The smallest absolute Gasteiger partial charge is 0.264 e. The van der Waals surface area contributed by atoms with Crippen molar-refractivity contribution in [1.82, 2.24) is 4.72 Å². The summed E-state index contributed by atoms with van der Waals surface area (Å²) in [4.78, 5) is 26.9. The van der Waals surface area contributed by atoms with Gasteiger partial charge < -0.3 is 4.90 Å². The first-order chi connectivity index (χ1) is 13.5. The van der Waals surface area contributed by atoms with Gasteiger partial charge in [0, 0.05) is 18.7 Å². The number of nitrogens with one attached hydrogen (secondary N) is 1. The van der Waals surface area contributed by atoms with Crippen LogP contribution < -0.4 is 9.62 Å². The van der Waals surface area contributed by atoms with Crippen LogP contribution >= 0.6 is 0 Å². The van der Waals surface area contributed by atoms with Gasteiger partial charge in [-0.25, -0.2) is 13.1 Å². The van der Waals surface area contributed by atoms with Crippen LogP contribution in [0.25, 0.3) is 0 Å². The Morgan fingerprint density at radius 1 is 0.966 bits per heavy atom. The van der Waals surface area contributed by atoms with Crippen LogP contribution in [0.4, 0.5) is 5.69 Å². The quantitative estimate of drug-likeness (QED) is 0.833. The number of sulfonamides is 1. The van der Waals surface area contributed by atoms with E-state index in [0.717, 1.165) is 33.5 Å². The van der Waals surface area contributed by atoms with Crippen molar-refractivity contribution in [2.75, 3.05) is 11.4 Å². The largest absolute Gasteiger partial charge is 0.311 e. The minimum absolute atomic E-state index is 0.0129. The van der Waals surface area contributed by atoms with Gasteiger partial charge in [0.25, 0.3) is 10.0 Å². The summed E-state index contributed by atoms with van der Waals surface area (Å²) in [6.45, 7) is 9.72. The fraction of sp³-hybridized carbons (Fsp3) is 0.364. The molecule has 0 spiro atoms. The topological polar surface area (TPSA) is 83.6 Å². The van der Waals surface area contributed by atoms with Crippen LogP contribution in [0.1, 0.15) is 34.2 Å². The maximum Gasteiger partial charge on any atom is 0.264 e. The molecule has 2 amide bonds. The number of carbonyl (C=O) groups is 2. The standard InChI is InChI=1S/C22H26N2O4S/c1-13-8-16(4)21(17(5)9-13)24-12-18(11-20(24)25)22(26)23-29(27,28)19-7-6-14(2)15(3)10-19/h6-10,18H,11-12H2,1-5H3,(H,23,26). The monoisotopic (exact) mass is 414 g/mol. The Morgan fingerprint density at radius 3 is 2.17 bits per heavy atom. The van der Waals surface area contributed by atoms with Gasteiger partial charge in [-0.1, -0.05) is 23.8 Å². The van der Waals surface area contributed by atoms with Crippen molar-refractivity contribution >= 4 is 27.5 Å². The van der Waals surface area contributed by atoms with Crippen LogP contribution in [-0.2, 0) is 19.6 Å². The predicted octanol–water partition coefficient (Wildman–Crippen LogP) is 3.09. The molecule has 1 N–H and O–H groups in total. The van der Waals surface area contributed by atoms with Crippen LogP contribution in [0, 0.1) is 40.5 Å². The van der Waals surface area contributed by atoms with Crippen molar-refractivity contribution in [3.05, 3.63) is 58.1 Å². The number of hydrogen-bond acceptors (Lipinski definition) is 4. The van der Waals surface area contributed by atoms with E-state index in [0.29, 0.717) is 0 Å². The molecule has 3 rings (SSSR count). The molecule has 29 heavy (non-hydrogen) atoms. The van der Waals surface area contributed by atoms with Crippen molar-refractivity contribution in [2.24, 2.45) is 5.92 Å². The molecular formula is C22H26N2O4S. The molecule has 6 nitrogen and oxygen atoms in total. The molecule has 1 aliphatic rings. The first kappa shape index (κ1) is 21.0. The van der Waals surface area contributed by atoms with Crippen molar-refractivity contribution in [3.8, 4) is 0 Å². The van der Waals surface area contributed by atoms with E-state index in [-0.39, 0.29) is 23.8 Å². The molecule has 0 bridgehead atoms. The Balaban J connectivity index is 1.79. The average Bonchev–Trinajstić information content (AvgIpc) is 2.98. The first-order valence-electron chi connectivity index (χ1n) is 9.51. The molecule has 7 heteroatoms. The fourth-order valence-electron chi connectivity index (χ4n) is 3.85. The summed E-state index contributed by atoms with van der Waals surface area (Å²) in [7, 11) is -3.99. The van der Waals surface area contributed by atoms with E-state index in [4.69, 9.17) is 0 Å². The highest BCUT2D eigenvalue weighted by atomic mass is 32.2. The van der Waals surface area contributed by atoms with Crippen LogP contribution in [0.5, 0.6) is 0 Å². The van der Waals surface area contributed by atoms with E-state index in [1.54, 1.807) is 11.0 Å². The average molecular weight is 415 g/mol. The maximum atomic E-state index is 12.7. The molecule has 1 aliphatic heterocycles. The summed E-state index contributed by atoms with van der Waals surface area (Å²) in [5.74, 6) is -1.55. The zero-order valence-corrected chi connectivity index (χ0v) is 18.2. The molecule has 0 aromatic heterocycles. The third kappa shape index (κ3) is 4.19. The summed E-state index contributed by atoms with van der Waals surface area (Å²) in [5.41, 5.74) is 5.61. The lowest BCUT2D eigenvalue weighted by molar-refractivity contribution is -0.124. The summed E-state index contributed by atoms with van der Waals surface area (Å²) >= 11 is 0. The van der Waals surface area contributed by atoms with Gasteiger partial charge in [0.1, 0.15) is 0 Å². The molecule has 1 saturated heterocycles. The van der Waals surface area contributed by atoms with E-state index in [1.807, 2.05) is 46.8 Å². The van der Waals surface area contributed by atoms with Gasteiger partial charge in [0.15, 0.2) is 0 Å². The van der Waals surface area contributed by atoms with E-state index < -0.39 is 21.8 Å². The van der Waals surface area contributed by atoms with Crippen LogP contribution in [0.3, 0.4) is 0 Å². The van der Waals surface area contributed by atoms with Gasteiger partial charge in [0.05, 0.1) is 10.8 Å². The number of hydrogen-bond donors (Lipinski definition) is 1. The van der Waals surface area contributed by atoms with Gasteiger partial charge in [-0.3, -0.25) is 9.59 Å². The van der Waals surface area contributed by atoms with E-state index in [9.17, 15) is 18.0 Å². The second-order valence-corrected chi connectivity index (χ2v) is 9.55. The van der Waals surface area contributed by atoms with Crippen molar-refractivity contribution in [1.29, 1.82) is 0 Å². The highest BCUT2D eigenvalue weighted by molar-refractivity contribution is 7.90. The second-order valence-electron chi connectivity index (χ2n) is 7.87. The zero-order valence-electron chi connectivity index (χ0n) is 17.4. The molecule has 2 aromatic rings. The summed E-state index contributed by atoms with van der Waals surface area (Å²) < 4.78 is 27.4. The maximum absolute atomic E-state index is 12.7. The number of amides is 2. The minimum Gasteiger partial charge on any atom is -0.311 e. The predicted molar refractivity (Wildman–Crippen MR) is 112 cm³/mol. The van der Waals surface area contributed by atoms with Gasteiger partial charge >= 0.3 is 0 Å². The van der Waals surface area contributed by atoms with Crippen molar-refractivity contribution < 1.29 is 18.0 Å². The Hall–Kier alpha value is -2.67. The summed E-state index contributed by atoms with van der Waals surface area (Å²) in [6.07, 6.45) is -0.0129. The number of aryl methyl sites for hydroxylation is 5. The number of benzene rings is 2.